The van der Waals surface area contributed by atoms with Gasteiger partial charge in [-0.1, -0.05) is 66.2 Å². The molecule has 0 saturated carbocycles. The predicted octanol–water partition coefficient (Wildman–Crippen LogP) is 5.45. The van der Waals surface area contributed by atoms with Crippen LogP contribution in [0.25, 0.3) is 44.1 Å². The summed E-state index contributed by atoms with van der Waals surface area (Å²) in [6.07, 6.45) is -0.921. The highest BCUT2D eigenvalue weighted by Gasteiger charge is 2.17. The summed E-state index contributed by atoms with van der Waals surface area (Å²) >= 11 is 0. The van der Waals surface area contributed by atoms with Crippen LogP contribution < -0.4 is 10.3 Å². The Labute approximate surface area is 207 Å². The first-order valence-electron chi connectivity index (χ1n) is 12.0. The molecule has 6 rings (SSSR count). The molecule has 2 aromatic heterocycles. The summed E-state index contributed by atoms with van der Waals surface area (Å²) in [6.45, 7) is 2.11. The number of ether oxygens (including phenoxy) is 1. The van der Waals surface area contributed by atoms with E-state index in [2.05, 4.69) is 4.98 Å². The number of aliphatic hydroxyl groups excluding tert-OH is 1. The number of aryl methyl sites for hydroxylation is 1. The molecule has 0 spiro atoms. The monoisotopic (exact) mass is 475 g/mol. The van der Waals surface area contributed by atoms with E-state index in [-0.39, 0.29) is 18.7 Å². The molecule has 178 valence electrons. The van der Waals surface area contributed by atoms with Crippen LogP contribution in [0, 0.1) is 6.92 Å². The van der Waals surface area contributed by atoms with Gasteiger partial charge in [-0.2, -0.15) is 0 Å². The third-order valence-corrected chi connectivity index (χ3v) is 6.49. The summed E-state index contributed by atoms with van der Waals surface area (Å²) in [5, 5.41) is 13.6. The number of hydrogen-bond acceptors (Lipinski definition) is 4. The number of aromatic amines is 1. The number of hydrogen-bond donors (Lipinski definition) is 2. The van der Waals surface area contributed by atoms with E-state index in [1.54, 1.807) is 10.6 Å². The maximum atomic E-state index is 13.5. The molecule has 2 heterocycles. The van der Waals surface area contributed by atoms with Gasteiger partial charge in [-0.25, -0.2) is 4.98 Å². The summed E-state index contributed by atoms with van der Waals surface area (Å²) in [7, 11) is 0. The Hall–Kier alpha value is -4.42. The summed E-state index contributed by atoms with van der Waals surface area (Å²) in [4.78, 5) is 21.6. The Morgan fingerprint density at radius 3 is 2.44 bits per heavy atom. The van der Waals surface area contributed by atoms with E-state index in [0.29, 0.717) is 22.5 Å². The maximum Gasteiger partial charge on any atom is 0.261 e. The van der Waals surface area contributed by atoms with Crippen molar-refractivity contribution in [2.24, 2.45) is 0 Å². The largest absolute Gasteiger partial charge is 0.490 e. The van der Waals surface area contributed by atoms with Gasteiger partial charge in [0.2, 0.25) is 0 Å². The fourth-order valence-corrected chi connectivity index (χ4v) is 4.70. The number of aromatic nitrogens is 3. The molecule has 0 saturated heterocycles. The van der Waals surface area contributed by atoms with E-state index in [4.69, 9.17) is 9.72 Å². The van der Waals surface area contributed by atoms with Crippen LogP contribution in [0.4, 0.5) is 0 Å². The van der Waals surface area contributed by atoms with Crippen molar-refractivity contribution in [3.05, 3.63) is 107 Å². The highest BCUT2D eigenvalue weighted by atomic mass is 16.5. The van der Waals surface area contributed by atoms with Crippen LogP contribution in [0.15, 0.2) is 95.8 Å². The van der Waals surface area contributed by atoms with Crippen LogP contribution in [-0.2, 0) is 6.54 Å². The number of fused-ring (bicyclic) bond motifs is 4. The maximum absolute atomic E-state index is 13.5. The van der Waals surface area contributed by atoms with Crippen LogP contribution in [-0.4, -0.2) is 32.4 Å². The quantitative estimate of drug-likeness (QED) is 0.336. The molecule has 2 N–H and O–H groups in total. The second kappa shape index (κ2) is 8.98. The Morgan fingerprint density at radius 2 is 1.61 bits per heavy atom. The summed E-state index contributed by atoms with van der Waals surface area (Å²) in [5.74, 6) is 1.21. The molecule has 0 aliphatic heterocycles. The Bertz CT molecular complexity index is 1770. The van der Waals surface area contributed by atoms with E-state index in [1.807, 2.05) is 91.9 Å². The predicted molar refractivity (Wildman–Crippen MR) is 143 cm³/mol. The first-order valence-corrected chi connectivity index (χ1v) is 12.0. The SMILES string of the molecule is Cc1ccc(-c2nc3ccccc3c(=O)n2CC(O)COc2cccc3[nH]c4ccccc4c23)cc1. The third kappa shape index (κ3) is 3.91. The van der Waals surface area contributed by atoms with Gasteiger partial charge < -0.3 is 14.8 Å². The summed E-state index contributed by atoms with van der Waals surface area (Å²) in [6, 6.07) is 29.0. The molecule has 0 aliphatic rings. The van der Waals surface area contributed by atoms with Crippen molar-refractivity contribution < 1.29 is 9.84 Å². The van der Waals surface area contributed by atoms with Gasteiger partial charge in [0.05, 0.1) is 23.0 Å². The van der Waals surface area contributed by atoms with Crippen molar-refractivity contribution in [3.8, 4) is 17.1 Å². The molecule has 1 atom stereocenters. The zero-order valence-electron chi connectivity index (χ0n) is 19.8. The standard InChI is InChI=1S/C30H25N3O3/c1-19-13-15-20(16-14-19)29-32-25-10-5-3-8-23(25)30(35)33(29)17-21(34)18-36-27-12-6-11-26-28(27)22-7-2-4-9-24(22)31-26/h2-16,21,31,34H,17-18H2,1H3. The number of aliphatic hydroxyl groups is 1. The minimum atomic E-state index is -0.921. The fraction of sp³-hybridized carbons (Fsp3) is 0.133. The minimum Gasteiger partial charge on any atom is -0.490 e. The van der Waals surface area contributed by atoms with Gasteiger partial charge in [0, 0.05) is 21.9 Å². The van der Waals surface area contributed by atoms with Crippen molar-refractivity contribution in [3.63, 3.8) is 0 Å². The average molecular weight is 476 g/mol. The number of benzene rings is 4. The van der Waals surface area contributed by atoms with Crippen LogP contribution in [0.5, 0.6) is 5.75 Å². The smallest absolute Gasteiger partial charge is 0.261 e. The molecular weight excluding hydrogens is 450 g/mol. The molecule has 1 unspecified atom stereocenters. The molecule has 0 radical (unpaired) electrons. The molecule has 6 nitrogen and oxygen atoms in total. The molecule has 0 bridgehead atoms. The fourth-order valence-electron chi connectivity index (χ4n) is 4.70. The number of para-hydroxylation sites is 2. The molecule has 0 aliphatic carbocycles. The van der Waals surface area contributed by atoms with E-state index < -0.39 is 6.10 Å². The van der Waals surface area contributed by atoms with Crippen molar-refractivity contribution >= 4 is 32.7 Å². The third-order valence-electron chi connectivity index (χ3n) is 6.49. The van der Waals surface area contributed by atoms with Crippen molar-refractivity contribution in [2.45, 2.75) is 19.6 Å². The molecule has 0 amide bonds. The van der Waals surface area contributed by atoms with Crippen molar-refractivity contribution in [2.75, 3.05) is 6.61 Å². The van der Waals surface area contributed by atoms with Crippen LogP contribution in [0.2, 0.25) is 0 Å². The van der Waals surface area contributed by atoms with Gasteiger partial charge in [0.25, 0.3) is 5.56 Å². The lowest BCUT2D eigenvalue weighted by atomic mass is 10.1. The Balaban J connectivity index is 1.33. The van der Waals surface area contributed by atoms with E-state index in [0.717, 1.165) is 32.9 Å². The highest BCUT2D eigenvalue weighted by molar-refractivity contribution is 6.10. The topological polar surface area (TPSA) is 80.1 Å². The molecule has 4 aromatic carbocycles. The van der Waals surface area contributed by atoms with Gasteiger partial charge in [-0.05, 0) is 37.3 Å². The summed E-state index contributed by atoms with van der Waals surface area (Å²) in [5.41, 5.74) is 4.38. The molecule has 6 aromatic rings. The van der Waals surface area contributed by atoms with Crippen molar-refractivity contribution in [1.82, 2.24) is 14.5 Å². The lowest BCUT2D eigenvalue weighted by Gasteiger charge is -2.18. The van der Waals surface area contributed by atoms with E-state index in [9.17, 15) is 9.90 Å². The second-order valence-electron chi connectivity index (χ2n) is 9.05. The number of nitrogens with one attached hydrogen (secondary N) is 1. The zero-order chi connectivity index (χ0) is 24.6. The van der Waals surface area contributed by atoms with Crippen molar-refractivity contribution in [1.29, 1.82) is 0 Å². The van der Waals surface area contributed by atoms with E-state index in [1.165, 1.54) is 0 Å². The minimum absolute atomic E-state index is 0.0330. The van der Waals surface area contributed by atoms with Crippen LogP contribution in [0.3, 0.4) is 0 Å². The van der Waals surface area contributed by atoms with Gasteiger partial charge in [-0.3, -0.25) is 9.36 Å². The van der Waals surface area contributed by atoms with Crippen LogP contribution in [0.1, 0.15) is 5.56 Å². The van der Waals surface area contributed by atoms with Gasteiger partial charge in [0.1, 0.15) is 24.3 Å². The Morgan fingerprint density at radius 1 is 0.889 bits per heavy atom. The molecular formula is C30H25N3O3. The lowest BCUT2D eigenvalue weighted by Crippen LogP contribution is -2.32. The first kappa shape index (κ1) is 22.1. The van der Waals surface area contributed by atoms with E-state index >= 15 is 0 Å². The highest BCUT2D eigenvalue weighted by Crippen LogP contribution is 2.33. The Kier molecular flexibility index (Phi) is 5.51. The number of H-pyrrole nitrogens is 1. The normalized spacial score (nSPS) is 12.4. The first-order chi connectivity index (χ1) is 17.6. The van der Waals surface area contributed by atoms with Gasteiger partial charge in [-0.15, -0.1) is 0 Å². The molecule has 6 heteroatoms. The zero-order valence-corrected chi connectivity index (χ0v) is 19.8. The molecule has 0 fully saturated rings. The van der Waals surface area contributed by atoms with Gasteiger partial charge in [0.15, 0.2) is 0 Å². The lowest BCUT2D eigenvalue weighted by molar-refractivity contribution is 0.0927. The summed E-state index contributed by atoms with van der Waals surface area (Å²) < 4.78 is 7.65. The number of rotatable bonds is 6. The number of nitrogens with zero attached hydrogens (tertiary/aromatic N) is 2. The van der Waals surface area contributed by atoms with Crippen LogP contribution >= 0.6 is 0 Å². The average Bonchev–Trinajstić information content (AvgIpc) is 3.29. The second-order valence-corrected chi connectivity index (χ2v) is 9.05. The van der Waals surface area contributed by atoms with Gasteiger partial charge >= 0.3 is 0 Å². The molecule has 36 heavy (non-hydrogen) atoms.